The summed E-state index contributed by atoms with van der Waals surface area (Å²) in [6, 6.07) is 6.62. The Morgan fingerprint density at radius 2 is 2.00 bits per heavy atom. The summed E-state index contributed by atoms with van der Waals surface area (Å²) in [6.45, 7) is 0. The van der Waals surface area contributed by atoms with Crippen molar-refractivity contribution in [2.24, 2.45) is 0 Å². The van der Waals surface area contributed by atoms with E-state index in [2.05, 4.69) is 10.1 Å². The molecule has 1 aromatic heterocycles. The van der Waals surface area contributed by atoms with Gasteiger partial charge in [-0.2, -0.15) is 16.7 Å². The summed E-state index contributed by atoms with van der Waals surface area (Å²) < 4.78 is 30.8. The minimum atomic E-state index is -3.55. The molecule has 0 amide bonds. The quantitative estimate of drug-likeness (QED) is 0.838. The number of hydrogen-bond acceptors (Lipinski definition) is 6. The highest BCUT2D eigenvalue weighted by atomic mass is 32.2. The highest BCUT2D eigenvalue weighted by molar-refractivity contribution is 7.97. The molecule has 0 aliphatic heterocycles. The van der Waals surface area contributed by atoms with Gasteiger partial charge in [-0.3, -0.25) is 0 Å². The monoisotopic (exact) mass is 313 g/mol. The standard InChI is InChI=1S/C12H15N3O3S2/c1-15(2)20(16,17)10-7-5-4-6-9(10)12-13-11(8-19-3)18-14-12/h4-7H,8H2,1-3H3. The number of benzene rings is 1. The smallest absolute Gasteiger partial charge is 0.243 e. The first kappa shape index (κ1) is 15.0. The number of hydrogen-bond donors (Lipinski definition) is 0. The number of sulfonamides is 1. The second-order valence-corrected chi connectivity index (χ2v) is 7.21. The van der Waals surface area contributed by atoms with E-state index >= 15 is 0 Å². The van der Waals surface area contributed by atoms with Crippen LogP contribution in [-0.4, -0.2) is 43.2 Å². The Balaban J connectivity index is 2.52. The molecule has 0 N–H and O–H groups in total. The first-order valence-corrected chi connectivity index (χ1v) is 8.63. The Morgan fingerprint density at radius 3 is 2.65 bits per heavy atom. The predicted molar refractivity (Wildman–Crippen MR) is 77.8 cm³/mol. The zero-order valence-electron chi connectivity index (χ0n) is 11.4. The van der Waals surface area contributed by atoms with Gasteiger partial charge in [0.1, 0.15) is 0 Å². The van der Waals surface area contributed by atoms with Crippen LogP contribution in [0, 0.1) is 0 Å². The molecule has 8 heteroatoms. The molecule has 2 rings (SSSR count). The molecule has 2 aromatic rings. The zero-order chi connectivity index (χ0) is 14.8. The van der Waals surface area contributed by atoms with Crippen LogP contribution < -0.4 is 0 Å². The Morgan fingerprint density at radius 1 is 1.30 bits per heavy atom. The summed E-state index contributed by atoms with van der Waals surface area (Å²) in [4.78, 5) is 4.39. The topological polar surface area (TPSA) is 76.3 Å². The third-order valence-electron chi connectivity index (χ3n) is 2.62. The van der Waals surface area contributed by atoms with Crippen molar-refractivity contribution in [2.45, 2.75) is 10.6 Å². The SMILES string of the molecule is CSCc1nc(-c2ccccc2S(=O)(=O)N(C)C)no1. The number of rotatable bonds is 5. The van der Waals surface area contributed by atoms with E-state index in [1.54, 1.807) is 30.0 Å². The van der Waals surface area contributed by atoms with Crippen LogP contribution in [0.15, 0.2) is 33.7 Å². The molecule has 6 nitrogen and oxygen atoms in total. The van der Waals surface area contributed by atoms with Gasteiger partial charge in [0.05, 0.1) is 10.6 Å². The maximum Gasteiger partial charge on any atom is 0.243 e. The molecule has 1 aromatic carbocycles. The van der Waals surface area contributed by atoms with Crippen molar-refractivity contribution >= 4 is 21.8 Å². The minimum absolute atomic E-state index is 0.168. The predicted octanol–water partition coefficient (Wildman–Crippen LogP) is 1.85. The van der Waals surface area contributed by atoms with Crippen LogP contribution in [0.4, 0.5) is 0 Å². The molecular formula is C12H15N3O3S2. The van der Waals surface area contributed by atoms with Gasteiger partial charge in [0.25, 0.3) is 0 Å². The Labute approximate surface area is 122 Å². The van der Waals surface area contributed by atoms with Gasteiger partial charge < -0.3 is 4.52 Å². The van der Waals surface area contributed by atoms with Crippen molar-refractivity contribution in [3.05, 3.63) is 30.2 Å². The molecule has 20 heavy (non-hydrogen) atoms. The molecule has 0 atom stereocenters. The number of thioether (sulfide) groups is 1. The molecule has 0 bridgehead atoms. The fourth-order valence-corrected chi connectivity index (χ4v) is 3.06. The molecule has 0 saturated carbocycles. The average molecular weight is 313 g/mol. The van der Waals surface area contributed by atoms with Crippen molar-refractivity contribution in [1.82, 2.24) is 14.4 Å². The van der Waals surface area contributed by atoms with Crippen molar-refractivity contribution in [1.29, 1.82) is 0 Å². The molecule has 0 aliphatic rings. The molecular weight excluding hydrogens is 298 g/mol. The van der Waals surface area contributed by atoms with Crippen molar-refractivity contribution < 1.29 is 12.9 Å². The van der Waals surface area contributed by atoms with E-state index in [1.165, 1.54) is 20.2 Å². The summed E-state index contributed by atoms with van der Waals surface area (Å²) in [5.41, 5.74) is 0.442. The largest absolute Gasteiger partial charge is 0.338 e. The molecule has 0 radical (unpaired) electrons. The van der Waals surface area contributed by atoms with Gasteiger partial charge in [0.15, 0.2) is 0 Å². The molecule has 1 heterocycles. The first-order chi connectivity index (χ1) is 9.46. The maximum atomic E-state index is 12.3. The number of aromatic nitrogens is 2. The third kappa shape index (κ3) is 2.87. The molecule has 0 unspecified atom stereocenters. The van der Waals surface area contributed by atoms with Gasteiger partial charge in [0.2, 0.25) is 21.7 Å². The van der Waals surface area contributed by atoms with Crippen molar-refractivity contribution in [3.63, 3.8) is 0 Å². The highest BCUT2D eigenvalue weighted by Gasteiger charge is 2.23. The lowest BCUT2D eigenvalue weighted by atomic mass is 10.2. The Kier molecular flexibility index (Phi) is 4.46. The van der Waals surface area contributed by atoms with Gasteiger partial charge in [-0.25, -0.2) is 12.7 Å². The lowest BCUT2D eigenvalue weighted by Crippen LogP contribution is -2.22. The fraction of sp³-hybridized carbons (Fsp3) is 0.333. The molecule has 0 fully saturated rings. The lowest BCUT2D eigenvalue weighted by molar-refractivity contribution is 0.391. The summed E-state index contributed by atoms with van der Waals surface area (Å²) in [5.74, 6) is 1.36. The lowest BCUT2D eigenvalue weighted by Gasteiger charge is -2.13. The van der Waals surface area contributed by atoms with Crippen LogP contribution in [0.3, 0.4) is 0 Å². The molecule has 0 aliphatic carbocycles. The van der Waals surface area contributed by atoms with Crippen LogP contribution in [0.2, 0.25) is 0 Å². The minimum Gasteiger partial charge on any atom is -0.338 e. The van der Waals surface area contributed by atoms with E-state index in [-0.39, 0.29) is 10.7 Å². The maximum absolute atomic E-state index is 12.3. The third-order valence-corrected chi connectivity index (χ3v) is 5.03. The first-order valence-electron chi connectivity index (χ1n) is 5.80. The van der Waals surface area contributed by atoms with E-state index in [9.17, 15) is 8.42 Å². The summed E-state index contributed by atoms with van der Waals surface area (Å²) in [7, 11) is -0.577. The van der Waals surface area contributed by atoms with Crippen molar-refractivity contribution in [3.8, 4) is 11.4 Å². The fourth-order valence-electron chi connectivity index (χ4n) is 1.62. The zero-order valence-corrected chi connectivity index (χ0v) is 13.0. The van der Waals surface area contributed by atoms with E-state index in [4.69, 9.17) is 4.52 Å². The van der Waals surface area contributed by atoms with Gasteiger partial charge in [-0.05, 0) is 18.4 Å². The average Bonchev–Trinajstić information content (AvgIpc) is 2.87. The molecule has 0 spiro atoms. The van der Waals surface area contributed by atoms with Gasteiger partial charge in [-0.1, -0.05) is 17.3 Å². The summed E-state index contributed by atoms with van der Waals surface area (Å²) in [6.07, 6.45) is 1.92. The van der Waals surface area contributed by atoms with Gasteiger partial charge in [0, 0.05) is 19.7 Å². The summed E-state index contributed by atoms with van der Waals surface area (Å²) >= 11 is 1.56. The van der Waals surface area contributed by atoms with E-state index in [0.717, 1.165) is 4.31 Å². The van der Waals surface area contributed by atoms with Crippen LogP contribution in [-0.2, 0) is 15.8 Å². The van der Waals surface area contributed by atoms with Crippen LogP contribution in [0.25, 0.3) is 11.4 Å². The Bertz CT molecular complexity index is 695. The Hall–Kier alpha value is -1.38. The highest BCUT2D eigenvalue weighted by Crippen LogP contribution is 2.26. The van der Waals surface area contributed by atoms with Gasteiger partial charge >= 0.3 is 0 Å². The molecule has 0 saturated heterocycles. The van der Waals surface area contributed by atoms with Gasteiger partial charge in [-0.15, -0.1) is 0 Å². The second-order valence-electron chi connectivity index (χ2n) is 4.23. The second kappa shape index (κ2) is 5.94. The normalized spacial score (nSPS) is 12.0. The van der Waals surface area contributed by atoms with Crippen LogP contribution >= 0.6 is 11.8 Å². The summed E-state index contributed by atoms with van der Waals surface area (Å²) in [5, 5.41) is 3.86. The van der Waals surface area contributed by atoms with E-state index in [0.29, 0.717) is 17.2 Å². The number of nitrogens with zero attached hydrogens (tertiary/aromatic N) is 3. The van der Waals surface area contributed by atoms with Crippen LogP contribution in [0.1, 0.15) is 5.89 Å². The van der Waals surface area contributed by atoms with Crippen molar-refractivity contribution in [2.75, 3.05) is 20.4 Å². The van der Waals surface area contributed by atoms with E-state index in [1.807, 2.05) is 6.26 Å². The van der Waals surface area contributed by atoms with Crippen LogP contribution in [0.5, 0.6) is 0 Å². The van der Waals surface area contributed by atoms with E-state index < -0.39 is 10.0 Å². The molecule has 108 valence electrons.